The van der Waals surface area contributed by atoms with Gasteiger partial charge in [0.15, 0.2) is 0 Å². The number of hydrogen-bond acceptors (Lipinski definition) is 6. The minimum Gasteiger partial charge on any atom is -0.459 e. The fourth-order valence-electron chi connectivity index (χ4n) is 3.45. The number of carbonyl (C=O) groups is 1. The van der Waals surface area contributed by atoms with Gasteiger partial charge in [-0.25, -0.2) is 4.98 Å². The summed E-state index contributed by atoms with van der Waals surface area (Å²) in [5, 5.41) is 13.6. The standard InChI is InChI=1S/C25H16N2O3S/c26-13-16-5-8-18(9-6-16)25-27-19(15-31-25)14-29-24(28)12-17-7-10-23-21(11-17)20-3-1-2-4-22(20)30-23/h1-11,15H,12,14H2. The molecule has 0 N–H and O–H groups in total. The van der Waals surface area contributed by atoms with Crippen molar-refractivity contribution in [3.8, 4) is 16.6 Å². The number of ether oxygens (including phenoxy) is 1. The summed E-state index contributed by atoms with van der Waals surface area (Å²) in [5.74, 6) is -0.305. The van der Waals surface area contributed by atoms with Crippen molar-refractivity contribution in [2.24, 2.45) is 0 Å². The lowest BCUT2D eigenvalue weighted by atomic mass is 10.1. The molecule has 0 unspecified atom stereocenters. The van der Waals surface area contributed by atoms with Gasteiger partial charge < -0.3 is 9.15 Å². The van der Waals surface area contributed by atoms with Crippen LogP contribution in [0.1, 0.15) is 16.8 Å². The number of carbonyl (C=O) groups excluding carboxylic acids is 1. The second kappa shape index (κ2) is 8.05. The average molecular weight is 424 g/mol. The van der Waals surface area contributed by atoms with Crippen LogP contribution in [0, 0.1) is 11.3 Å². The van der Waals surface area contributed by atoms with E-state index in [2.05, 4.69) is 11.1 Å². The monoisotopic (exact) mass is 424 g/mol. The third-order valence-corrected chi connectivity index (χ3v) is 5.92. The zero-order valence-corrected chi connectivity index (χ0v) is 17.2. The van der Waals surface area contributed by atoms with E-state index in [1.54, 1.807) is 12.1 Å². The van der Waals surface area contributed by atoms with Gasteiger partial charge in [-0.1, -0.05) is 36.4 Å². The highest BCUT2D eigenvalue weighted by Crippen LogP contribution is 2.29. The molecule has 0 amide bonds. The van der Waals surface area contributed by atoms with Crippen LogP contribution in [0.2, 0.25) is 0 Å². The van der Waals surface area contributed by atoms with Crippen molar-refractivity contribution in [3.05, 3.63) is 88.9 Å². The number of esters is 1. The molecular formula is C25H16N2O3S. The van der Waals surface area contributed by atoms with Gasteiger partial charge in [0, 0.05) is 21.7 Å². The Balaban J connectivity index is 1.24. The Morgan fingerprint density at radius 3 is 2.68 bits per heavy atom. The van der Waals surface area contributed by atoms with Gasteiger partial charge in [0.05, 0.1) is 23.7 Å². The van der Waals surface area contributed by atoms with Gasteiger partial charge in [0.2, 0.25) is 0 Å². The van der Waals surface area contributed by atoms with E-state index in [0.717, 1.165) is 38.1 Å². The van der Waals surface area contributed by atoms with Crippen molar-refractivity contribution in [1.82, 2.24) is 4.98 Å². The Hall–Kier alpha value is -3.95. The molecule has 31 heavy (non-hydrogen) atoms. The molecule has 2 heterocycles. The SMILES string of the molecule is N#Cc1ccc(-c2nc(COC(=O)Cc3ccc4oc5ccccc5c4c3)cs2)cc1. The van der Waals surface area contributed by atoms with E-state index in [9.17, 15) is 4.79 Å². The maximum Gasteiger partial charge on any atom is 0.310 e. The minimum absolute atomic E-state index is 0.127. The Morgan fingerprint density at radius 2 is 1.84 bits per heavy atom. The third-order valence-electron chi connectivity index (χ3n) is 4.98. The molecule has 150 valence electrons. The van der Waals surface area contributed by atoms with Crippen LogP contribution >= 0.6 is 11.3 Å². The number of para-hydroxylation sites is 1. The molecule has 0 fully saturated rings. The quantitative estimate of drug-likeness (QED) is 0.330. The van der Waals surface area contributed by atoms with E-state index >= 15 is 0 Å². The van der Waals surface area contributed by atoms with Gasteiger partial charge in [0.25, 0.3) is 0 Å². The molecule has 5 nitrogen and oxygen atoms in total. The number of hydrogen-bond donors (Lipinski definition) is 0. The van der Waals surface area contributed by atoms with Gasteiger partial charge >= 0.3 is 5.97 Å². The molecule has 5 aromatic rings. The molecule has 0 saturated heterocycles. The smallest absolute Gasteiger partial charge is 0.310 e. The van der Waals surface area contributed by atoms with E-state index in [1.165, 1.54) is 11.3 Å². The van der Waals surface area contributed by atoms with Crippen LogP contribution in [0.4, 0.5) is 0 Å². The molecule has 0 saturated carbocycles. The largest absolute Gasteiger partial charge is 0.459 e. The molecule has 0 radical (unpaired) electrons. The van der Waals surface area contributed by atoms with Crippen LogP contribution in [0.25, 0.3) is 32.5 Å². The van der Waals surface area contributed by atoms with Gasteiger partial charge in [-0.2, -0.15) is 5.26 Å². The van der Waals surface area contributed by atoms with Gasteiger partial charge in [-0.15, -0.1) is 11.3 Å². The summed E-state index contributed by atoms with van der Waals surface area (Å²) in [5.41, 5.74) is 4.75. The zero-order chi connectivity index (χ0) is 21.2. The van der Waals surface area contributed by atoms with Crippen LogP contribution in [0.15, 0.2) is 76.5 Å². The van der Waals surface area contributed by atoms with Gasteiger partial charge in [-0.05, 0) is 35.9 Å². The van der Waals surface area contributed by atoms with E-state index in [1.807, 2.05) is 60.0 Å². The first-order valence-electron chi connectivity index (χ1n) is 9.70. The Labute approximate surface area is 182 Å². The topological polar surface area (TPSA) is 76.1 Å². The maximum atomic E-state index is 12.4. The summed E-state index contributed by atoms with van der Waals surface area (Å²) < 4.78 is 11.3. The predicted molar refractivity (Wildman–Crippen MR) is 119 cm³/mol. The zero-order valence-electron chi connectivity index (χ0n) is 16.4. The molecule has 0 aliphatic heterocycles. The highest BCUT2D eigenvalue weighted by molar-refractivity contribution is 7.13. The first-order chi connectivity index (χ1) is 15.2. The molecule has 5 rings (SSSR count). The first-order valence-corrected chi connectivity index (χ1v) is 10.6. The van der Waals surface area contributed by atoms with Gasteiger partial charge in [-0.3, -0.25) is 4.79 Å². The molecule has 2 aromatic heterocycles. The Kier molecular flexibility index (Phi) is 4.95. The number of benzene rings is 3. The van der Waals surface area contributed by atoms with Gasteiger partial charge in [0.1, 0.15) is 22.8 Å². The number of thiazole rings is 1. The van der Waals surface area contributed by atoms with E-state index in [0.29, 0.717) is 11.3 Å². The van der Waals surface area contributed by atoms with Crippen molar-refractivity contribution >= 4 is 39.2 Å². The van der Waals surface area contributed by atoms with Crippen LogP contribution in [-0.2, 0) is 22.6 Å². The van der Waals surface area contributed by atoms with E-state index < -0.39 is 0 Å². The van der Waals surface area contributed by atoms with Crippen molar-refractivity contribution in [2.45, 2.75) is 13.0 Å². The van der Waals surface area contributed by atoms with Crippen LogP contribution in [-0.4, -0.2) is 11.0 Å². The molecule has 0 bridgehead atoms. The molecule has 0 aliphatic rings. The molecule has 6 heteroatoms. The van der Waals surface area contributed by atoms with Crippen molar-refractivity contribution in [1.29, 1.82) is 5.26 Å². The second-order valence-corrected chi connectivity index (χ2v) is 7.96. The minimum atomic E-state index is -0.305. The lowest BCUT2D eigenvalue weighted by Crippen LogP contribution is -2.08. The summed E-state index contributed by atoms with van der Waals surface area (Å²) in [4.78, 5) is 16.9. The third kappa shape index (κ3) is 3.91. The second-order valence-electron chi connectivity index (χ2n) is 7.10. The fourth-order valence-corrected chi connectivity index (χ4v) is 4.26. The Morgan fingerprint density at radius 1 is 1.03 bits per heavy atom. The molecule has 0 atom stereocenters. The highest BCUT2D eigenvalue weighted by atomic mass is 32.1. The van der Waals surface area contributed by atoms with E-state index in [-0.39, 0.29) is 19.0 Å². The normalized spacial score (nSPS) is 10.9. The number of fused-ring (bicyclic) bond motifs is 3. The maximum absolute atomic E-state index is 12.4. The molecule has 0 spiro atoms. The molecular weight excluding hydrogens is 408 g/mol. The van der Waals surface area contributed by atoms with Crippen molar-refractivity contribution in [2.75, 3.05) is 0 Å². The van der Waals surface area contributed by atoms with E-state index in [4.69, 9.17) is 14.4 Å². The lowest BCUT2D eigenvalue weighted by Gasteiger charge is -2.03. The number of nitriles is 1. The summed E-state index contributed by atoms with van der Waals surface area (Å²) in [6, 6.07) is 23.0. The number of nitrogens with zero attached hydrogens (tertiary/aromatic N) is 2. The summed E-state index contributed by atoms with van der Waals surface area (Å²) >= 11 is 1.48. The highest BCUT2D eigenvalue weighted by Gasteiger charge is 2.12. The van der Waals surface area contributed by atoms with Crippen LogP contribution in [0.3, 0.4) is 0 Å². The molecule has 3 aromatic carbocycles. The average Bonchev–Trinajstić information content (AvgIpc) is 3.42. The summed E-state index contributed by atoms with van der Waals surface area (Å²) in [6.45, 7) is 0.127. The Bertz CT molecular complexity index is 1440. The lowest BCUT2D eigenvalue weighted by molar-refractivity contribution is -0.144. The first kappa shape index (κ1) is 19.0. The van der Waals surface area contributed by atoms with Crippen molar-refractivity contribution in [3.63, 3.8) is 0 Å². The van der Waals surface area contributed by atoms with Crippen LogP contribution in [0.5, 0.6) is 0 Å². The van der Waals surface area contributed by atoms with Crippen LogP contribution < -0.4 is 0 Å². The van der Waals surface area contributed by atoms with Crippen molar-refractivity contribution < 1.29 is 13.9 Å². The molecule has 0 aliphatic carbocycles. The predicted octanol–water partition coefficient (Wildman–Crippen LogP) is 5.87. The number of aromatic nitrogens is 1. The number of furan rings is 1. The fraction of sp³-hybridized carbons (Fsp3) is 0.0800. The summed E-state index contributed by atoms with van der Waals surface area (Å²) in [7, 11) is 0. The summed E-state index contributed by atoms with van der Waals surface area (Å²) in [6.07, 6.45) is 0.183. The number of rotatable bonds is 5.